The fraction of sp³-hybridized carbons (Fsp3) is 0. The molecule has 0 saturated heterocycles. The number of anilines is 1. The topological polar surface area (TPSA) is 54.7 Å². The zero-order valence-electron chi connectivity index (χ0n) is 7.64. The minimum absolute atomic E-state index is 0.442. The van der Waals surface area contributed by atoms with E-state index in [9.17, 15) is 0 Å². The minimum atomic E-state index is 0.442. The second-order valence-corrected chi connectivity index (χ2v) is 2.97. The molecule has 1 aromatic carbocycles. The van der Waals surface area contributed by atoms with Crippen LogP contribution in [0.3, 0.4) is 0 Å². The maximum atomic E-state index is 5.45. The van der Waals surface area contributed by atoms with Crippen LogP contribution in [-0.4, -0.2) is 9.97 Å². The molecule has 0 bridgehead atoms. The van der Waals surface area contributed by atoms with Gasteiger partial charge in [0.15, 0.2) is 5.95 Å². The molecular formula is C11H11N3. The van der Waals surface area contributed by atoms with Crippen molar-refractivity contribution >= 4 is 18.1 Å². The molecule has 0 unspecified atom stereocenters. The Morgan fingerprint density at radius 3 is 2.57 bits per heavy atom. The molecule has 0 spiro atoms. The number of nitrogens with one attached hydrogen (secondary N) is 1. The van der Waals surface area contributed by atoms with E-state index in [0.717, 1.165) is 11.3 Å². The molecule has 1 heterocycles. The standard InChI is InChI=1S/C11H11N3/c12-11-13-8-10(14-11)7-6-9-4-2-1-3-5-9/h1-8H,(H3,12,13,14)/b7-6+. The Hall–Kier alpha value is -2.03. The van der Waals surface area contributed by atoms with Crippen molar-refractivity contribution in [3.8, 4) is 0 Å². The molecule has 0 amide bonds. The van der Waals surface area contributed by atoms with Crippen LogP contribution in [0.25, 0.3) is 12.2 Å². The highest BCUT2D eigenvalue weighted by atomic mass is 15.0. The summed E-state index contributed by atoms with van der Waals surface area (Å²) in [6, 6.07) is 10.1. The highest BCUT2D eigenvalue weighted by Gasteiger charge is 1.90. The van der Waals surface area contributed by atoms with Gasteiger partial charge < -0.3 is 10.7 Å². The lowest BCUT2D eigenvalue weighted by molar-refractivity contribution is 1.32. The molecule has 2 rings (SSSR count). The molecule has 0 saturated carbocycles. The van der Waals surface area contributed by atoms with Crippen LogP contribution >= 0.6 is 0 Å². The Kier molecular flexibility index (Phi) is 2.32. The molecule has 3 nitrogen and oxygen atoms in total. The molecule has 2 aromatic rings. The number of aromatic amines is 1. The molecular weight excluding hydrogens is 174 g/mol. The van der Waals surface area contributed by atoms with Crippen molar-refractivity contribution in [3.63, 3.8) is 0 Å². The third-order valence-electron chi connectivity index (χ3n) is 1.87. The van der Waals surface area contributed by atoms with Gasteiger partial charge in [0.25, 0.3) is 0 Å². The van der Waals surface area contributed by atoms with E-state index in [4.69, 9.17) is 5.73 Å². The van der Waals surface area contributed by atoms with Crippen molar-refractivity contribution in [2.24, 2.45) is 0 Å². The van der Waals surface area contributed by atoms with E-state index >= 15 is 0 Å². The average Bonchev–Trinajstić information content (AvgIpc) is 2.63. The summed E-state index contributed by atoms with van der Waals surface area (Å²) in [5, 5.41) is 0. The molecule has 0 atom stereocenters. The Morgan fingerprint density at radius 2 is 1.93 bits per heavy atom. The Balaban J connectivity index is 2.15. The molecule has 0 aliphatic heterocycles. The third-order valence-corrected chi connectivity index (χ3v) is 1.87. The van der Waals surface area contributed by atoms with E-state index < -0.39 is 0 Å². The van der Waals surface area contributed by atoms with Gasteiger partial charge in [0, 0.05) is 0 Å². The number of hydrogen-bond acceptors (Lipinski definition) is 2. The lowest BCUT2D eigenvalue weighted by Crippen LogP contribution is -1.84. The monoisotopic (exact) mass is 185 g/mol. The molecule has 0 aliphatic carbocycles. The highest BCUT2D eigenvalue weighted by molar-refractivity contribution is 5.68. The van der Waals surface area contributed by atoms with Crippen LogP contribution in [0.2, 0.25) is 0 Å². The van der Waals surface area contributed by atoms with Gasteiger partial charge in [-0.3, -0.25) is 0 Å². The third kappa shape index (κ3) is 2.01. The number of hydrogen-bond donors (Lipinski definition) is 2. The first-order valence-corrected chi connectivity index (χ1v) is 4.38. The summed E-state index contributed by atoms with van der Waals surface area (Å²) in [7, 11) is 0. The zero-order valence-corrected chi connectivity index (χ0v) is 7.64. The quantitative estimate of drug-likeness (QED) is 0.753. The SMILES string of the molecule is Nc1ncc(/C=C/c2ccccc2)[nH]1. The predicted octanol–water partition coefficient (Wildman–Crippen LogP) is 2.16. The number of benzene rings is 1. The van der Waals surface area contributed by atoms with E-state index in [1.807, 2.05) is 42.5 Å². The van der Waals surface area contributed by atoms with Crippen LogP contribution in [-0.2, 0) is 0 Å². The lowest BCUT2D eigenvalue weighted by atomic mass is 10.2. The van der Waals surface area contributed by atoms with Crippen LogP contribution in [0.4, 0.5) is 5.95 Å². The van der Waals surface area contributed by atoms with Crippen LogP contribution in [0, 0.1) is 0 Å². The molecule has 0 radical (unpaired) electrons. The second-order valence-electron chi connectivity index (χ2n) is 2.97. The molecule has 70 valence electrons. The average molecular weight is 185 g/mol. The van der Waals surface area contributed by atoms with E-state index in [1.54, 1.807) is 6.20 Å². The summed E-state index contributed by atoms with van der Waals surface area (Å²) in [5.74, 6) is 0.442. The van der Waals surface area contributed by atoms with Crippen molar-refractivity contribution in [2.75, 3.05) is 5.73 Å². The van der Waals surface area contributed by atoms with Crippen molar-refractivity contribution in [3.05, 3.63) is 47.8 Å². The normalized spacial score (nSPS) is 10.9. The van der Waals surface area contributed by atoms with Crippen molar-refractivity contribution < 1.29 is 0 Å². The first kappa shape index (κ1) is 8.56. The Labute approximate surface area is 82.3 Å². The number of nitrogen functional groups attached to an aromatic ring is 1. The van der Waals surface area contributed by atoms with E-state index in [0.29, 0.717) is 5.95 Å². The molecule has 14 heavy (non-hydrogen) atoms. The van der Waals surface area contributed by atoms with E-state index in [2.05, 4.69) is 9.97 Å². The zero-order chi connectivity index (χ0) is 9.80. The molecule has 3 heteroatoms. The minimum Gasteiger partial charge on any atom is -0.369 e. The first-order chi connectivity index (χ1) is 6.84. The lowest BCUT2D eigenvalue weighted by Gasteiger charge is -1.89. The van der Waals surface area contributed by atoms with E-state index in [1.165, 1.54) is 0 Å². The molecule has 1 aromatic heterocycles. The number of rotatable bonds is 2. The number of H-pyrrole nitrogens is 1. The maximum Gasteiger partial charge on any atom is 0.197 e. The van der Waals surface area contributed by atoms with Gasteiger partial charge in [0.05, 0.1) is 11.9 Å². The van der Waals surface area contributed by atoms with E-state index in [-0.39, 0.29) is 0 Å². The largest absolute Gasteiger partial charge is 0.369 e. The smallest absolute Gasteiger partial charge is 0.197 e. The van der Waals surface area contributed by atoms with Gasteiger partial charge in [-0.25, -0.2) is 4.98 Å². The summed E-state index contributed by atoms with van der Waals surface area (Å²) >= 11 is 0. The van der Waals surface area contributed by atoms with Gasteiger partial charge in [-0.05, 0) is 11.6 Å². The molecule has 0 aliphatic rings. The van der Waals surface area contributed by atoms with Gasteiger partial charge >= 0.3 is 0 Å². The number of nitrogens with zero attached hydrogens (tertiary/aromatic N) is 1. The highest BCUT2D eigenvalue weighted by Crippen LogP contribution is 2.06. The summed E-state index contributed by atoms with van der Waals surface area (Å²) in [6.45, 7) is 0. The summed E-state index contributed by atoms with van der Waals surface area (Å²) in [5.41, 5.74) is 7.51. The first-order valence-electron chi connectivity index (χ1n) is 4.38. The Bertz CT molecular complexity index is 429. The van der Waals surface area contributed by atoms with Crippen LogP contribution < -0.4 is 5.73 Å². The Morgan fingerprint density at radius 1 is 1.14 bits per heavy atom. The maximum absolute atomic E-state index is 5.45. The predicted molar refractivity (Wildman–Crippen MR) is 58.4 cm³/mol. The number of aromatic nitrogens is 2. The fourth-order valence-electron chi connectivity index (χ4n) is 1.19. The van der Waals surface area contributed by atoms with Gasteiger partial charge in [0.2, 0.25) is 0 Å². The molecule has 3 N–H and O–H groups in total. The van der Waals surface area contributed by atoms with Gasteiger partial charge in [0.1, 0.15) is 0 Å². The van der Waals surface area contributed by atoms with Crippen LogP contribution in [0.5, 0.6) is 0 Å². The second kappa shape index (κ2) is 3.79. The van der Waals surface area contributed by atoms with Crippen LogP contribution in [0.15, 0.2) is 36.5 Å². The summed E-state index contributed by atoms with van der Waals surface area (Å²) in [6.07, 6.45) is 5.65. The van der Waals surface area contributed by atoms with Crippen molar-refractivity contribution in [1.29, 1.82) is 0 Å². The van der Waals surface area contributed by atoms with Gasteiger partial charge in [-0.2, -0.15) is 0 Å². The van der Waals surface area contributed by atoms with Gasteiger partial charge in [-0.15, -0.1) is 0 Å². The van der Waals surface area contributed by atoms with Crippen molar-refractivity contribution in [2.45, 2.75) is 0 Å². The number of nitrogens with two attached hydrogens (primary N) is 1. The van der Waals surface area contributed by atoms with Gasteiger partial charge in [-0.1, -0.05) is 36.4 Å². The summed E-state index contributed by atoms with van der Waals surface area (Å²) < 4.78 is 0. The number of imidazole rings is 1. The van der Waals surface area contributed by atoms with Crippen LogP contribution in [0.1, 0.15) is 11.3 Å². The fourth-order valence-corrected chi connectivity index (χ4v) is 1.19. The molecule has 0 fully saturated rings. The summed E-state index contributed by atoms with van der Waals surface area (Å²) in [4.78, 5) is 6.83. The van der Waals surface area contributed by atoms with Crippen molar-refractivity contribution in [1.82, 2.24) is 9.97 Å².